The van der Waals surface area contributed by atoms with Gasteiger partial charge in [-0.15, -0.1) is 0 Å². The van der Waals surface area contributed by atoms with Crippen LogP contribution in [-0.4, -0.2) is 31.2 Å². The van der Waals surface area contributed by atoms with Crippen molar-refractivity contribution in [1.29, 1.82) is 0 Å². The summed E-state index contributed by atoms with van der Waals surface area (Å²) in [4.78, 5) is 12.3. The summed E-state index contributed by atoms with van der Waals surface area (Å²) < 4.78 is 1.97. The highest BCUT2D eigenvalue weighted by Crippen LogP contribution is 2.30. The zero-order chi connectivity index (χ0) is 11.8. The maximum Gasteiger partial charge on any atom is 0.165 e. The van der Waals surface area contributed by atoms with Gasteiger partial charge in [-0.2, -0.15) is 0 Å². The standard InChI is InChI=1S/C11H11ClN4O/c12-10-9-11(14-5-13-10)16(6-15-9)8-2-1-7(3-8)4-17/h1-2,5-8,17H,3-4H2/t7-,8?/m0/s1. The molecule has 3 rings (SSSR count). The van der Waals surface area contributed by atoms with E-state index in [0.29, 0.717) is 10.7 Å². The molecule has 0 saturated carbocycles. The summed E-state index contributed by atoms with van der Waals surface area (Å²) in [7, 11) is 0. The number of fused-ring (bicyclic) bond motifs is 1. The molecular formula is C11H11ClN4O. The Morgan fingerprint density at radius 2 is 2.24 bits per heavy atom. The third-order valence-corrected chi connectivity index (χ3v) is 3.33. The summed E-state index contributed by atoms with van der Waals surface area (Å²) >= 11 is 5.95. The molecule has 17 heavy (non-hydrogen) atoms. The van der Waals surface area contributed by atoms with Gasteiger partial charge in [-0.05, 0) is 6.42 Å². The van der Waals surface area contributed by atoms with E-state index in [1.165, 1.54) is 6.33 Å². The fourth-order valence-corrected chi connectivity index (χ4v) is 2.34. The molecule has 1 aliphatic carbocycles. The first kappa shape index (κ1) is 10.7. The van der Waals surface area contributed by atoms with Crippen molar-refractivity contribution >= 4 is 22.8 Å². The number of hydrogen-bond donors (Lipinski definition) is 1. The number of imidazole rings is 1. The third-order valence-electron chi connectivity index (χ3n) is 3.06. The van der Waals surface area contributed by atoms with E-state index in [-0.39, 0.29) is 18.6 Å². The van der Waals surface area contributed by atoms with Crippen molar-refractivity contribution in [3.05, 3.63) is 30.0 Å². The molecular weight excluding hydrogens is 240 g/mol. The zero-order valence-electron chi connectivity index (χ0n) is 8.99. The Morgan fingerprint density at radius 1 is 1.35 bits per heavy atom. The van der Waals surface area contributed by atoms with E-state index >= 15 is 0 Å². The van der Waals surface area contributed by atoms with E-state index in [1.807, 2.05) is 10.6 Å². The van der Waals surface area contributed by atoms with Crippen LogP contribution < -0.4 is 0 Å². The van der Waals surface area contributed by atoms with Crippen LogP contribution in [0.5, 0.6) is 0 Å². The van der Waals surface area contributed by atoms with Crippen LogP contribution in [0.2, 0.25) is 5.15 Å². The van der Waals surface area contributed by atoms with Gasteiger partial charge in [-0.3, -0.25) is 0 Å². The van der Waals surface area contributed by atoms with Gasteiger partial charge in [0.1, 0.15) is 11.8 Å². The van der Waals surface area contributed by atoms with Gasteiger partial charge in [0, 0.05) is 12.5 Å². The van der Waals surface area contributed by atoms with Crippen LogP contribution in [0.4, 0.5) is 0 Å². The molecule has 1 unspecified atom stereocenters. The van der Waals surface area contributed by atoms with E-state index in [9.17, 15) is 0 Å². The van der Waals surface area contributed by atoms with E-state index in [2.05, 4.69) is 21.0 Å². The lowest BCUT2D eigenvalue weighted by atomic mass is 10.1. The normalized spacial score (nSPS) is 23.6. The molecule has 1 aliphatic rings. The Bertz CT molecular complexity index is 580. The van der Waals surface area contributed by atoms with Gasteiger partial charge in [0.05, 0.1) is 12.4 Å². The van der Waals surface area contributed by atoms with Gasteiger partial charge in [-0.1, -0.05) is 23.8 Å². The van der Waals surface area contributed by atoms with Gasteiger partial charge in [0.15, 0.2) is 10.8 Å². The van der Waals surface area contributed by atoms with Crippen molar-refractivity contribution in [2.75, 3.05) is 6.61 Å². The van der Waals surface area contributed by atoms with Crippen LogP contribution in [0.15, 0.2) is 24.8 Å². The Labute approximate surface area is 103 Å². The van der Waals surface area contributed by atoms with Crippen molar-refractivity contribution in [3.8, 4) is 0 Å². The number of aromatic nitrogens is 4. The second kappa shape index (κ2) is 4.09. The van der Waals surface area contributed by atoms with Crippen molar-refractivity contribution < 1.29 is 5.11 Å². The van der Waals surface area contributed by atoms with Gasteiger partial charge in [-0.25, -0.2) is 15.0 Å². The van der Waals surface area contributed by atoms with Crippen LogP contribution in [0, 0.1) is 5.92 Å². The molecule has 88 valence electrons. The van der Waals surface area contributed by atoms with Crippen molar-refractivity contribution in [2.24, 2.45) is 5.92 Å². The minimum Gasteiger partial charge on any atom is -0.396 e. The summed E-state index contributed by atoms with van der Waals surface area (Å²) in [5.74, 6) is 0.217. The fraction of sp³-hybridized carbons (Fsp3) is 0.364. The van der Waals surface area contributed by atoms with Crippen molar-refractivity contribution in [3.63, 3.8) is 0 Å². The zero-order valence-corrected chi connectivity index (χ0v) is 9.75. The van der Waals surface area contributed by atoms with Gasteiger partial charge < -0.3 is 9.67 Å². The summed E-state index contributed by atoms with van der Waals surface area (Å²) in [5, 5.41) is 9.49. The summed E-state index contributed by atoms with van der Waals surface area (Å²) in [5.41, 5.74) is 1.35. The van der Waals surface area contributed by atoms with E-state index < -0.39 is 0 Å². The SMILES string of the molecule is OC[C@H]1C=CC(n2cnc3c(Cl)ncnc32)C1. The minimum absolute atomic E-state index is 0.176. The molecule has 0 radical (unpaired) electrons. The molecule has 2 heterocycles. The van der Waals surface area contributed by atoms with Crippen LogP contribution in [0.25, 0.3) is 11.2 Å². The second-order valence-corrected chi connectivity index (χ2v) is 4.48. The maximum absolute atomic E-state index is 9.12. The molecule has 0 bridgehead atoms. The maximum atomic E-state index is 9.12. The largest absolute Gasteiger partial charge is 0.396 e. The number of allylic oxidation sites excluding steroid dienone is 1. The van der Waals surface area contributed by atoms with Gasteiger partial charge in [0.25, 0.3) is 0 Å². The lowest BCUT2D eigenvalue weighted by Gasteiger charge is -2.12. The lowest BCUT2D eigenvalue weighted by Crippen LogP contribution is -2.07. The molecule has 0 aliphatic heterocycles. The first-order chi connectivity index (χ1) is 8.29. The van der Waals surface area contributed by atoms with Crippen molar-refractivity contribution in [2.45, 2.75) is 12.5 Å². The number of hydrogen-bond acceptors (Lipinski definition) is 4. The molecule has 0 amide bonds. The highest BCUT2D eigenvalue weighted by molar-refractivity contribution is 6.33. The second-order valence-electron chi connectivity index (χ2n) is 4.12. The van der Waals surface area contributed by atoms with Crippen LogP contribution >= 0.6 is 11.6 Å². The number of halogens is 1. The molecule has 2 aromatic heterocycles. The minimum atomic E-state index is 0.176. The fourth-order valence-electron chi connectivity index (χ4n) is 2.16. The van der Waals surface area contributed by atoms with Crippen LogP contribution in [-0.2, 0) is 0 Å². The average molecular weight is 251 g/mol. The number of aliphatic hydroxyl groups excluding tert-OH is 1. The monoisotopic (exact) mass is 250 g/mol. The molecule has 0 aromatic carbocycles. The predicted octanol–water partition coefficient (Wildman–Crippen LogP) is 1.59. The number of rotatable bonds is 2. The van der Waals surface area contributed by atoms with Crippen LogP contribution in [0.1, 0.15) is 12.5 Å². The van der Waals surface area contributed by atoms with E-state index in [4.69, 9.17) is 16.7 Å². The Hall–Kier alpha value is -1.46. The molecule has 0 spiro atoms. The smallest absolute Gasteiger partial charge is 0.165 e. The Balaban J connectivity index is 2.02. The summed E-state index contributed by atoms with van der Waals surface area (Å²) in [6.45, 7) is 0.176. The van der Waals surface area contributed by atoms with Crippen LogP contribution in [0.3, 0.4) is 0 Å². The first-order valence-corrected chi connectivity index (χ1v) is 5.79. The van der Waals surface area contributed by atoms with E-state index in [1.54, 1.807) is 6.33 Å². The molecule has 5 nitrogen and oxygen atoms in total. The highest BCUT2D eigenvalue weighted by atomic mass is 35.5. The van der Waals surface area contributed by atoms with E-state index in [0.717, 1.165) is 12.1 Å². The first-order valence-electron chi connectivity index (χ1n) is 5.42. The van der Waals surface area contributed by atoms with Crippen molar-refractivity contribution in [1.82, 2.24) is 19.5 Å². The topological polar surface area (TPSA) is 63.8 Å². The summed E-state index contributed by atoms with van der Waals surface area (Å²) in [6, 6.07) is 0.183. The Kier molecular flexibility index (Phi) is 2.57. The van der Waals surface area contributed by atoms with Gasteiger partial charge in [0.2, 0.25) is 0 Å². The lowest BCUT2D eigenvalue weighted by molar-refractivity contribution is 0.244. The highest BCUT2D eigenvalue weighted by Gasteiger charge is 2.22. The third kappa shape index (κ3) is 1.71. The summed E-state index contributed by atoms with van der Waals surface area (Å²) in [6.07, 6.45) is 8.12. The Morgan fingerprint density at radius 3 is 3.00 bits per heavy atom. The molecule has 0 saturated heterocycles. The molecule has 2 aromatic rings. The molecule has 0 fully saturated rings. The van der Waals surface area contributed by atoms with Gasteiger partial charge >= 0.3 is 0 Å². The molecule has 2 atom stereocenters. The quantitative estimate of drug-likeness (QED) is 0.649. The number of nitrogens with zero attached hydrogens (tertiary/aromatic N) is 4. The number of aliphatic hydroxyl groups is 1. The molecule has 6 heteroatoms. The predicted molar refractivity (Wildman–Crippen MR) is 63.7 cm³/mol. The average Bonchev–Trinajstić information content (AvgIpc) is 2.94. The molecule has 1 N–H and O–H groups in total.